The van der Waals surface area contributed by atoms with Crippen molar-refractivity contribution in [3.05, 3.63) is 41.6 Å². The van der Waals surface area contributed by atoms with Gasteiger partial charge in [-0.25, -0.2) is 0 Å². The second kappa shape index (κ2) is 9.67. The van der Waals surface area contributed by atoms with Crippen molar-refractivity contribution in [3.63, 3.8) is 0 Å². The summed E-state index contributed by atoms with van der Waals surface area (Å²) in [7, 11) is 0. The van der Waals surface area contributed by atoms with E-state index in [9.17, 15) is 9.59 Å². The fraction of sp³-hybridized carbons (Fsp3) is 0.560. The number of likely N-dealkylation sites (tertiary alicyclic amines) is 1. The monoisotopic (exact) mass is 422 g/mol. The van der Waals surface area contributed by atoms with E-state index >= 15 is 0 Å². The smallest absolute Gasteiger partial charge is 0.272 e. The van der Waals surface area contributed by atoms with Gasteiger partial charge in [-0.2, -0.15) is 5.10 Å². The van der Waals surface area contributed by atoms with Crippen LogP contribution in [-0.2, 0) is 4.79 Å². The summed E-state index contributed by atoms with van der Waals surface area (Å²) in [5.41, 5.74) is 3.65. The number of amides is 2. The molecule has 0 spiro atoms. The summed E-state index contributed by atoms with van der Waals surface area (Å²) in [6, 6.07) is 10.3. The molecule has 0 bridgehead atoms. The third-order valence-electron chi connectivity index (χ3n) is 6.54. The summed E-state index contributed by atoms with van der Waals surface area (Å²) in [4.78, 5) is 29.8. The predicted octanol–water partition coefficient (Wildman–Crippen LogP) is 4.45. The van der Waals surface area contributed by atoms with Crippen molar-refractivity contribution in [2.24, 2.45) is 0 Å². The first-order valence-corrected chi connectivity index (χ1v) is 11.8. The number of hydrogen-bond acceptors (Lipinski definition) is 3. The van der Waals surface area contributed by atoms with E-state index in [1.807, 2.05) is 15.6 Å². The minimum Gasteiger partial charge on any atom is -0.341 e. The molecule has 2 amide bonds. The Morgan fingerprint density at radius 1 is 1.10 bits per heavy atom. The molecular formula is C25H34N4O2. The summed E-state index contributed by atoms with van der Waals surface area (Å²) >= 11 is 0. The van der Waals surface area contributed by atoms with Crippen LogP contribution in [0.1, 0.15) is 74.0 Å². The third kappa shape index (κ3) is 4.83. The first kappa shape index (κ1) is 21.6. The number of carbonyl (C=O) groups excluding carboxylic acids is 2. The number of aromatic nitrogens is 2. The van der Waals surface area contributed by atoms with E-state index in [4.69, 9.17) is 5.10 Å². The van der Waals surface area contributed by atoms with Gasteiger partial charge in [0.05, 0.1) is 11.7 Å². The van der Waals surface area contributed by atoms with Crippen molar-refractivity contribution in [2.45, 2.75) is 64.8 Å². The van der Waals surface area contributed by atoms with Crippen LogP contribution in [0.5, 0.6) is 0 Å². The highest BCUT2D eigenvalue weighted by molar-refractivity contribution is 5.96. The third-order valence-corrected chi connectivity index (χ3v) is 6.54. The molecule has 4 rings (SSSR count). The molecule has 1 atom stereocenters. The van der Waals surface area contributed by atoms with Gasteiger partial charge in [-0.3, -0.25) is 14.3 Å². The fourth-order valence-electron chi connectivity index (χ4n) is 4.66. The second-order valence-corrected chi connectivity index (χ2v) is 9.00. The van der Waals surface area contributed by atoms with Crippen molar-refractivity contribution < 1.29 is 9.59 Å². The molecule has 3 heterocycles. The molecule has 6 nitrogen and oxygen atoms in total. The first-order chi connectivity index (χ1) is 15.1. The van der Waals surface area contributed by atoms with Crippen LogP contribution in [0.2, 0.25) is 0 Å². The zero-order chi connectivity index (χ0) is 21.8. The second-order valence-electron chi connectivity index (χ2n) is 9.00. The lowest BCUT2D eigenvalue weighted by Gasteiger charge is -2.35. The van der Waals surface area contributed by atoms with Gasteiger partial charge < -0.3 is 9.80 Å². The first-order valence-electron chi connectivity index (χ1n) is 11.8. The van der Waals surface area contributed by atoms with Crippen LogP contribution in [0.4, 0.5) is 0 Å². The van der Waals surface area contributed by atoms with Gasteiger partial charge in [0, 0.05) is 25.2 Å². The van der Waals surface area contributed by atoms with Gasteiger partial charge in [-0.1, -0.05) is 56.0 Å². The maximum Gasteiger partial charge on any atom is 0.272 e. The number of piperidine rings is 1. The van der Waals surface area contributed by atoms with Gasteiger partial charge in [-0.15, -0.1) is 0 Å². The highest BCUT2D eigenvalue weighted by Crippen LogP contribution is 2.29. The molecular weight excluding hydrogens is 388 g/mol. The molecule has 6 heteroatoms. The summed E-state index contributed by atoms with van der Waals surface area (Å²) in [6.07, 6.45) is 7.70. The standard InChI is InChI=1S/C25H34N4O2/c1-3-4-6-9-21-17-28(18-24(30)27-14-7-5-8-15-27)25(31)23-16-22(26-29(21)23)20-12-10-19(2)11-13-20/h10-13,16,21H,3-9,14-15,17-18H2,1-2H3. The Balaban J connectivity index is 1.57. The molecule has 1 fully saturated rings. The molecule has 2 aromatic rings. The van der Waals surface area contributed by atoms with Gasteiger partial charge in [0.2, 0.25) is 5.91 Å². The maximum atomic E-state index is 13.3. The van der Waals surface area contributed by atoms with Crippen LogP contribution in [0.3, 0.4) is 0 Å². The Morgan fingerprint density at radius 2 is 1.84 bits per heavy atom. The van der Waals surface area contributed by atoms with E-state index in [2.05, 4.69) is 38.1 Å². The van der Waals surface area contributed by atoms with E-state index in [1.54, 1.807) is 4.90 Å². The number of nitrogens with zero attached hydrogens (tertiary/aromatic N) is 4. The maximum absolute atomic E-state index is 13.3. The highest BCUT2D eigenvalue weighted by Gasteiger charge is 2.34. The number of hydrogen-bond donors (Lipinski definition) is 0. The van der Waals surface area contributed by atoms with E-state index in [1.165, 1.54) is 18.4 Å². The average molecular weight is 423 g/mol. The minimum atomic E-state index is -0.0806. The van der Waals surface area contributed by atoms with Gasteiger partial charge in [0.1, 0.15) is 12.2 Å². The summed E-state index contributed by atoms with van der Waals surface area (Å²) in [5.74, 6) is -0.00459. The van der Waals surface area contributed by atoms with Crippen LogP contribution in [-0.4, -0.2) is 57.6 Å². The lowest BCUT2D eigenvalue weighted by Crippen LogP contribution is -2.49. The highest BCUT2D eigenvalue weighted by atomic mass is 16.2. The minimum absolute atomic E-state index is 0.0760. The molecule has 1 unspecified atom stereocenters. The van der Waals surface area contributed by atoms with Gasteiger partial charge in [-0.05, 0) is 38.7 Å². The zero-order valence-electron chi connectivity index (χ0n) is 18.8. The summed E-state index contributed by atoms with van der Waals surface area (Å²) in [5, 5.41) is 4.84. The Morgan fingerprint density at radius 3 is 2.55 bits per heavy atom. The molecule has 166 valence electrons. The number of benzene rings is 1. The van der Waals surface area contributed by atoms with Crippen molar-refractivity contribution in [2.75, 3.05) is 26.2 Å². The molecule has 0 saturated carbocycles. The Kier molecular flexibility index (Phi) is 6.73. The molecule has 1 aromatic heterocycles. The molecule has 1 aromatic carbocycles. The quantitative estimate of drug-likeness (QED) is 0.620. The normalized spacial score (nSPS) is 18.9. The number of fused-ring (bicyclic) bond motifs is 1. The number of unbranched alkanes of at least 4 members (excludes halogenated alkanes) is 2. The van der Waals surface area contributed by atoms with Gasteiger partial charge >= 0.3 is 0 Å². The van der Waals surface area contributed by atoms with E-state index in [-0.39, 0.29) is 24.4 Å². The van der Waals surface area contributed by atoms with Gasteiger partial charge in [0.15, 0.2) is 0 Å². The van der Waals surface area contributed by atoms with Crippen molar-refractivity contribution in [1.82, 2.24) is 19.6 Å². The van der Waals surface area contributed by atoms with E-state index in [0.717, 1.165) is 56.5 Å². The van der Waals surface area contributed by atoms with E-state index < -0.39 is 0 Å². The topological polar surface area (TPSA) is 58.4 Å². The van der Waals surface area contributed by atoms with Crippen molar-refractivity contribution in [3.8, 4) is 11.3 Å². The van der Waals surface area contributed by atoms with Crippen LogP contribution in [0, 0.1) is 6.92 Å². The van der Waals surface area contributed by atoms with Crippen LogP contribution in [0.15, 0.2) is 30.3 Å². The zero-order valence-corrected chi connectivity index (χ0v) is 18.8. The summed E-state index contributed by atoms with van der Waals surface area (Å²) < 4.78 is 1.93. The summed E-state index contributed by atoms with van der Waals surface area (Å²) in [6.45, 7) is 6.63. The molecule has 0 radical (unpaired) electrons. The van der Waals surface area contributed by atoms with E-state index in [0.29, 0.717) is 12.2 Å². The Hall–Kier alpha value is -2.63. The predicted molar refractivity (Wildman–Crippen MR) is 122 cm³/mol. The van der Waals surface area contributed by atoms with Crippen LogP contribution >= 0.6 is 0 Å². The molecule has 0 aliphatic carbocycles. The largest absolute Gasteiger partial charge is 0.341 e. The fourth-order valence-corrected chi connectivity index (χ4v) is 4.66. The van der Waals surface area contributed by atoms with Crippen molar-refractivity contribution >= 4 is 11.8 Å². The van der Waals surface area contributed by atoms with Crippen LogP contribution < -0.4 is 0 Å². The van der Waals surface area contributed by atoms with Crippen molar-refractivity contribution in [1.29, 1.82) is 0 Å². The lowest BCUT2D eigenvalue weighted by atomic mass is 10.0. The Labute approximate surface area is 185 Å². The number of aryl methyl sites for hydroxylation is 1. The number of rotatable bonds is 7. The molecule has 0 N–H and O–H groups in total. The number of carbonyl (C=O) groups is 2. The molecule has 31 heavy (non-hydrogen) atoms. The molecule has 2 aliphatic heterocycles. The Bertz CT molecular complexity index is 912. The molecule has 2 aliphatic rings. The van der Waals surface area contributed by atoms with Gasteiger partial charge in [0.25, 0.3) is 5.91 Å². The SMILES string of the molecule is CCCCCC1CN(CC(=O)N2CCCCC2)C(=O)c2cc(-c3ccc(C)cc3)nn21. The molecule has 1 saturated heterocycles. The lowest BCUT2D eigenvalue weighted by molar-refractivity contribution is -0.133. The van der Waals surface area contributed by atoms with Crippen LogP contribution in [0.25, 0.3) is 11.3 Å². The average Bonchev–Trinajstić information content (AvgIpc) is 3.24.